The normalized spacial score (nSPS) is 15.8. The smallest absolute Gasteiger partial charge is 0.223 e. The van der Waals surface area contributed by atoms with Gasteiger partial charge < -0.3 is 15.2 Å². The van der Waals surface area contributed by atoms with Crippen molar-refractivity contribution in [3.8, 4) is 0 Å². The van der Waals surface area contributed by atoms with Gasteiger partial charge in [0.15, 0.2) is 0 Å². The summed E-state index contributed by atoms with van der Waals surface area (Å²) in [6.45, 7) is 3.06. The van der Waals surface area contributed by atoms with Crippen molar-refractivity contribution in [1.29, 1.82) is 0 Å². The number of likely N-dealkylation sites (tertiary alicyclic amines) is 1. The van der Waals surface area contributed by atoms with Gasteiger partial charge in [0.1, 0.15) is 11.5 Å². The van der Waals surface area contributed by atoms with E-state index in [2.05, 4.69) is 26.3 Å². The van der Waals surface area contributed by atoms with E-state index in [1.807, 2.05) is 12.3 Å². The molecule has 5 nitrogen and oxygen atoms in total. The number of benzene rings is 1. The van der Waals surface area contributed by atoms with E-state index in [9.17, 15) is 9.18 Å². The van der Waals surface area contributed by atoms with Crippen molar-refractivity contribution in [3.05, 3.63) is 65.7 Å². The zero-order valence-electron chi connectivity index (χ0n) is 15.8. The van der Waals surface area contributed by atoms with E-state index in [1.165, 1.54) is 17.0 Å². The Balaban J connectivity index is 1.23. The van der Waals surface area contributed by atoms with E-state index in [4.69, 9.17) is 0 Å². The molecule has 1 aliphatic rings. The number of nitrogens with zero attached hydrogens (tertiary/aromatic N) is 2. The van der Waals surface area contributed by atoms with E-state index in [0.29, 0.717) is 5.56 Å². The maximum atomic E-state index is 13.7. The fraction of sp³-hybridized carbons (Fsp3) is 0.364. The monoisotopic (exact) mass is 380 g/mol. The molecule has 0 unspecified atom stereocenters. The Morgan fingerprint density at radius 2 is 2.00 bits per heavy atom. The zero-order chi connectivity index (χ0) is 19.3. The van der Waals surface area contributed by atoms with Crippen LogP contribution in [0.1, 0.15) is 24.0 Å². The molecule has 1 amide bonds. The number of aromatic nitrogens is 2. The summed E-state index contributed by atoms with van der Waals surface area (Å²) in [5.74, 6) is -0.226. The Morgan fingerprint density at radius 3 is 2.82 bits per heavy atom. The van der Waals surface area contributed by atoms with Crippen LogP contribution in [0.5, 0.6) is 0 Å². The highest BCUT2D eigenvalue weighted by molar-refractivity contribution is 5.79. The van der Waals surface area contributed by atoms with E-state index >= 15 is 0 Å². The largest absolute Gasteiger partial charge is 0.352 e. The average Bonchev–Trinajstić information content (AvgIpc) is 3.15. The van der Waals surface area contributed by atoms with Gasteiger partial charge in [-0.05, 0) is 56.1 Å². The minimum absolute atomic E-state index is 0.0142. The van der Waals surface area contributed by atoms with Crippen LogP contribution in [0.2, 0.25) is 0 Å². The number of aromatic amines is 1. The predicted molar refractivity (Wildman–Crippen MR) is 107 cm³/mol. The van der Waals surface area contributed by atoms with Crippen LogP contribution in [0.25, 0.3) is 11.0 Å². The molecule has 1 fully saturated rings. The molecule has 28 heavy (non-hydrogen) atoms. The van der Waals surface area contributed by atoms with Gasteiger partial charge in [-0.2, -0.15) is 0 Å². The van der Waals surface area contributed by atoms with Crippen molar-refractivity contribution < 1.29 is 9.18 Å². The van der Waals surface area contributed by atoms with Crippen molar-refractivity contribution in [2.45, 2.75) is 25.8 Å². The number of hydrogen-bond donors (Lipinski definition) is 2. The molecule has 1 saturated heterocycles. The van der Waals surface area contributed by atoms with Gasteiger partial charge in [0, 0.05) is 42.4 Å². The quantitative estimate of drug-likeness (QED) is 0.690. The number of pyridine rings is 1. The number of nitrogens with one attached hydrogen (secondary N) is 2. The van der Waals surface area contributed by atoms with Crippen LogP contribution >= 0.6 is 0 Å². The molecule has 0 aliphatic carbocycles. The number of piperidine rings is 1. The van der Waals surface area contributed by atoms with Gasteiger partial charge in [-0.3, -0.25) is 4.79 Å². The molecule has 0 saturated carbocycles. The maximum Gasteiger partial charge on any atom is 0.223 e. The average molecular weight is 380 g/mol. The minimum atomic E-state index is -0.273. The first-order chi connectivity index (χ1) is 13.7. The maximum absolute atomic E-state index is 13.7. The third-order valence-electron chi connectivity index (χ3n) is 5.60. The van der Waals surface area contributed by atoms with Crippen molar-refractivity contribution in [2.75, 3.05) is 19.6 Å². The summed E-state index contributed by atoms with van der Waals surface area (Å²) in [6, 6.07) is 10.6. The van der Waals surface area contributed by atoms with E-state index in [-0.39, 0.29) is 24.2 Å². The highest BCUT2D eigenvalue weighted by Crippen LogP contribution is 2.20. The molecule has 0 bridgehead atoms. The van der Waals surface area contributed by atoms with E-state index < -0.39 is 0 Å². The number of halogens is 1. The van der Waals surface area contributed by atoms with E-state index in [0.717, 1.165) is 44.5 Å². The third kappa shape index (κ3) is 4.22. The number of H-pyrrole nitrogens is 1. The van der Waals surface area contributed by atoms with E-state index in [1.54, 1.807) is 24.4 Å². The van der Waals surface area contributed by atoms with Crippen molar-refractivity contribution >= 4 is 16.9 Å². The summed E-state index contributed by atoms with van der Waals surface area (Å²) in [5.41, 5.74) is 2.75. The van der Waals surface area contributed by atoms with Gasteiger partial charge in [-0.1, -0.05) is 18.2 Å². The van der Waals surface area contributed by atoms with Crippen molar-refractivity contribution in [3.63, 3.8) is 0 Å². The Morgan fingerprint density at radius 1 is 1.18 bits per heavy atom. The van der Waals surface area contributed by atoms with Crippen LogP contribution in [-0.4, -0.2) is 40.4 Å². The van der Waals surface area contributed by atoms with Crippen LogP contribution in [0, 0.1) is 11.7 Å². The van der Waals surface area contributed by atoms with Crippen LogP contribution < -0.4 is 5.32 Å². The van der Waals surface area contributed by atoms with Crippen LogP contribution in [0.3, 0.4) is 0 Å². The number of fused-ring (bicyclic) bond motifs is 1. The number of rotatable bonds is 6. The number of carbonyl (C=O) groups is 1. The standard InChI is InChI=1S/C22H25FN4O/c23-20-6-2-1-4-18(20)15-26-22(28)16-7-11-27(12-8-16)13-9-17-14-25-21-19(17)5-3-10-24-21/h1-6,10,14,16H,7-9,11-13,15H2,(H,24,25)(H,26,28). The van der Waals surface area contributed by atoms with Gasteiger partial charge in [0.2, 0.25) is 5.91 Å². The Labute approximate surface area is 164 Å². The Kier molecular flexibility index (Phi) is 5.67. The summed E-state index contributed by atoms with van der Waals surface area (Å²) >= 11 is 0. The highest BCUT2D eigenvalue weighted by atomic mass is 19.1. The Hall–Kier alpha value is -2.73. The van der Waals surface area contributed by atoms with Gasteiger partial charge in [0.05, 0.1) is 0 Å². The second-order valence-corrected chi connectivity index (χ2v) is 7.39. The summed E-state index contributed by atoms with van der Waals surface area (Å²) < 4.78 is 13.7. The highest BCUT2D eigenvalue weighted by Gasteiger charge is 2.24. The first kappa shape index (κ1) is 18.6. The van der Waals surface area contributed by atoms with Gasteiger partial charge >= 0.3 is 0 Å². The molecule has 6 heteroatoms. The molecule has 146 valence electrons. The molecular weight excluding hydrogens is 355 g/mol. The van der Waals surface area contributed by atoms with Crippen molar-refractivity contribution in [1.82, 2.24) is 20.2 Å². The zero-order valence-corrected chi connectivity index (χ0v) is 15.8. The molecular formula is C22H25FN4O. The molecule has 1 aliphatic heterocycles. The first-order valence-electron chi connectivity index (χ1n) is 9.85. The first-order valence-corrected chi connectivity index (χ1v) is 9.85. The molecule has 3 aromatic rings. The van der Waals surface area contributed by atoms with Crippen LogP contribution in [0.4, 0.5) is 4.39 Å². The molecule has 2 N–H and O–H groups in total. The number of carbonyl (C=O) groups excluding carboxylic acids is 1. The molecule has 0 atom stereocenters. The lowest BCUT2D eigenvalue weighted by Crippen LogP contribution is -2.41. The lowest BCUT2D eigenvalue weighted by molar-refractivity contribution is -0.126. The van der Waals surface area contributed by atoms with Crippen molar-refractivity contribution in [2.24, 2.45) is 5.92 Å². The van der Waals surface area contributed by atoms with Gasteiger partial charge in [-0.15, -0.1) is 0 Å². The molecule has 1 aromatic carbocycles. The summed E-state index contributed by atoms with van der Waals surface area (Å²) in [6.07, 6.45) is 6.50. The lowest BCUT2D eigenvalue weighted by atomic mass is 9.95. The summed E-state index contributed by atoms with van der Waals surface area (Å²) in [4.78, 5) is 22.4. The third-order valence-corrected chi connectivity index (χ3v) is 5.60. The fourth-order valence-corrected chi connectivity index (χ4v) is 3.89. The van der Waals surface area contributed by atoms with Crippen LogP contribution in [-0.2, 0) is 17.8 Å². The van der Waals surface area contributed by atoms with Gasteiger partial charge in [-0.25, -0.2) is 9.37 Å². The number of amides is 1. The fourth-order valence-electron chi connectivity index (χ4n) is 3.89. The molecule has 4 rings (SSSR count). The minimum Gasteiger partial charge on any atom is -0.352 e. The van der Waals surface area contributed by atoms with Gasteiger partial charge in [0.25, 0.3) is 0 Å². The molecule has 3 heterocycles. The number of hydrogen-bond acceptors (Lipinski definition) is 3. The molecule has 2 aromatic heterocycles. The topological polar surface area (TPSA) is 61.0 Å². The predicted octanol–water partition coefficient (Wildman–Crippen LogP) is 3.27. The molecule has 0 radical (unpaired) electrons. The lowest BCUT2D eigenvalue weighted by Gasteiger charge is -2.31. The molecule has 0 spiro atoms. The van der Waals surface area contributed by atoms with Crippen LogP contribution in [0.15, 0.2) is 48.8 Å². The summed E-state index contributed by atoms with van der Waals surface area (Å²) in [5, 5.41) is 4.08. The summed E-state index contributed by atoms with van der Waals surface area (Å²) in [7, 11) is 0. The Bertz CT molecular complexity index is 946. The second-order valence-electron chi connectivity index (χ2n) is 7.39. The SMILES string of the molecule is O=C(NCc1ccccc1F)C1CCN(CCc2c[nH]c3ncccc23)CC1. The second kappa shape index (κ2) is 8.52.